The van der Waals surface area contributed by atoms with E-state index in [0.29, 0.717) is 10.3 Å². The lowest BCUT2D eigenvalue weighted by Gasteiger charge is -2.46. The molecule has 1 aliphatic carbocycles. The van der Waals surface area contributed by atoms with E-state index in [1.54, 1.807) is 10.9 Å². The van der Waals surface area contributed by atoms with Crippen molar-refractivity contribution in [3.63, 3.8) is 0 Å². The molecule has 0 aromatic carbocycles. The van der Waals surface area contributed by atoms with Crippen molar-refractivity contribution < 1.29 is 0 Å². The lowest BCUT2D eigenvalue weighted by atomic mass is 10.2. The van der Waals surface area contributed by atoms with Crippen LogP contribution in [0.1, 0.15) is 68.7 Å². The summed E-state index contributed by atoms with van der Waals surface area (Å²) in [6, 6.07) is 0. The van der Waals surface area contributed by atoms with Crippen LogP contribution in [0.25, 0.3) is 0 Å². The molecule has 0 nitrogen and oxygen atoms in total. The molecule has 0 fully saturated rings. The highest BCUT2D eigenvalue weighted by Gasteiger charge is 2.40. The Hall–Kier alpha value is 0.340. The van der Waals surface area contributed by atoms with Crippen molar-refractivity contribution in [2.45, 2.75) is 84.7 Å². The zero-order valence-electron chi connectivity index (χ0n) is 15.7. The minimum atomic E-state index is -0.0639. The average molecular weight is 326 g/mol. The Bertz CT molecular complexity index is 386. The van der Waals surface area contributed by atoms with Gasteiger partial charge in [0, 0.05) is 0 Å². The highest BCUT2D eigenvalue weighted by Crippen LogP contribution is 2.66. The third kappa shape index (κ3) is 4.65. The summed E-state index contributed by atoms with van der Waals surface area (Å²) in [5, 5.41) is 2.56. The average Bonchev–Trinajstić information content (AvgIpc) is 2.75. The zero-order chi connectivity index (χ0) is 16.4. The highest BCUT2D eigenvalue weighted by molar-refractivity contribution is 7.63. The molecule has 0 saturated heterocycles. The number of hydrogen-bond acceptors (Lipinski definition) is 0. The minimum absolute atomic E-state index is 0.0639. The third-order valence-corrected chi connectivity index (χ3v) is 11.0. The van der Waals surface area contributed by atoms with Gasteiger partial charge in [0.1, 0.15) is 0 Å². The monoisotopic (exact) mass is 326 g/mol. The van der Waals surface area contributed by atoms with E-state index in [9.17, 15) is 0 Å². The molecule has 1 atom stereocenters. The summed E-state index contributed by atoms with van der Waals surface area (Å²) in [6.45, 7) is 22.0. The van der Waals surface area contributed by atoms with Gasteiger partial charge in [0.25, 0.3) is 0 Å². The fourth-order valence-electron chi connectivity index (χ4n) is 4.09. The van der Waals surface area contributed by atoms with E-state index in [4.69, 9.17) is 0 Å². The molecule has 1 aliphatic rings. The third-order valence-electron chi connectivity index (χ3n) is 4.38. The molecule has 2 heteroatoms. The van der Waals surface area contributed by atoms with Gasteiger partial charge in [-0.15, -0.1) is 0 Å². The van der Waals surface area contributed by atoms with Crippen molar-refractivity contribution in [3.8, 4) is 0 Å². The van der Waals surface area contributed by atoms with E-state index in [2.05, 4.69) is 74.5 Å². The standard InChI is InChI=1S/C19H36P2/c1-10-20(11-2)17-14-12-13-16(17)15(3)21(18(4,5)6)19(7,8)9/h12,14-15H,10-11,13H2,1-9H3/t15-/m1/s1. The van der Waals surface area contributed by atoms with Crippen LogP contribution in [-0.2, 0) is 0 Å². The lowest BCUT2D eigenvalue weighted by Crippen LogP contribution is -2.31. The summed E-state index contributed by atoms with van der Waals surface area (Å²) in [7, 11) is 0.0137. The molecule has 0 spiro atoms. The fraction of sp³-hybridized carbons (Fsp3) is 0.789. The topological polar surface area (TPSA) is 0 Å². The second-order valence-electron chi connectivity index (χ2n) is 8.08. The summed E-state index contributed by atoms with van der Waals surface area (Å²) in [4.78, 5) is 0. The Labute approximate surface area is 136 Å². The molecule has 0 radical (unpaired) electrons. The Balaban J connectivity index is 3.20. The molecule has 0 amide bonds. The molecular formula is C19H36P2. The molecule has 0 unspecified atom stereocenters. The van der Waals surface area contributed by atoms with E-state index in [1.807, 2.05) is 0 Å². The van der Waals surface area contributed by atoms with Crippen LogP contribution < -0.4 is 0 Å². The molecule has 0 aromatic heterocycles. The first-order valence-corrected chi connectivity index (χ1v) is 11.6. The largest absolute Gasteiger partial charge is 0.0885 e. The first-order chi connectivity index (χ1) is 9.54. The Morgan fingerprint density at radius 3 is 1.86 bits per heavy atom. The van der Waals surface area contributed by atoms with Gasteiger partial charge >= 0.3 is 0 Å². The van der Waals surface area contributed by atoms with E-state index in [1.165, 1.54) is 18.7 Å². The molecule has 122 valence electrons. The molecule has 0 N–H and O–H groups in total. The van der Waals surface area contributed by atoms with Crippen molar-refractivity contribution >= 4 is 15.8 Å². The summed E-state index contributed by atoms with van der Waals surface area (Å²) >= 11 is 0. The van der Waals surface area contributed by atoms with Gasteiger partial charge in [-0.1, -0.05) is 95.9 Å². The van der Waals surface area contributed by atoms with Crippen LogP contribution in [0.5, 0.6) is 0 Å². The van der Waals surface area contributed by atoms with E-state index >= 15 is 0 Å². The van der Waals surface area contributed by atoms with Gasteiger partial charge in [0.2, 0.25) is 0 Å². The fourth-order valence-corrected chi connectivity index (χ4v) is 11.2. The van der Waals surface area contributed by atoms with Crippen LogP contribution in [0.3, 0.4) is 0 Å². The molecule has 0 bridgehead atoms. The molecule has 0 saturated carbocycles. The van der Waals surface area contributed by atoms with Crippen molar-refractivity contribution in [3.05, 3.63) is 23.0 Å². The van der Waals surface area contributed by atoms with Crippen molar-refractivity contribution in [2.75, 3.05) is 12.3 Å². The van der Waals surface area contributed by atoms with Gasteiger partial charge in [-0.25, -0.2) is 0 Å². The predicted molar refractivity (Wildman–Crippen MR) is 105 cm³/mol. The van der Waals surface area contributed by atoms with Gasteiger partial charge < -0.3 is 0 Å². The Morgan fingerprint density at radius 1 is 1.00 bits per heavy atom. The maximum Gasteiger partial charge on any atom is -0.000586 e. The number of hydrogen-bond donors (Lipinski definition) is 0. The Kier molecular flexibility index (Phi) is 6.72. The first-order valence-electron chi connectivity index (χ1n) is 8.48. The predicted octanol–water partition coefficient (Wildman–Crippen LogP) is 7.19. The number of rotatable bonds is 5. The number of allylic oxidation sites excluding steroid dienone is 4. The molecule has 0 aromatic rings. The van der Waals surface area contributed by atoms with Crippen molar-refractivity contribution in [1.82, 2.24) is 0 Å². The van der Waals surface area contributed by atoms with Gasteiger partial charge in [-0.05, 0) is 40.0 Å². The molecule has 0 heterocycles. The van der Waals surface area contributed by atoms with Crippen molar-refractivity contribution in [2.24, 2.45) is 0 Å². The molecular weight excluding hydrogens is 290 g/mol. The van der Waals surface area contributed by atoms with Crippen LogP contribution in [0.2, 0.25) is 0 Å². The van der Waals surface area contributed by atoms with Crippen LogP contribution in [0.4, 0.5) is 0 Å². The first kappa shape index (κ1) is 19.4. The molecule has 1 rings (SSSR count). The second-order valence-corrected chi connectivity index (χ2v) is 15.1. The Morgan fingerprint density at radius 2 is 1.48 bits per heavy atom. The van der Waals surface area contributed by atoms with E-state index in [-0.39, 0.29) is 15.8 Å². The molecule has 0 aliphatic heterocycles. The van der Waals surface area contributed by atoms with Crippen LogP contribution in [0.15, 0.2) is 23.0 Å². The zero-order valence-corrected chi connectivity index (χ0v) is 17.5. The SMILES string of the molecule is CCP(CC)C1=C([C@@H](C)P(C(C)(C)C)C(C)(C)C)CC=C1. The molecule has 21 heavy (non-hydrogen) atoms. The van der Waals surface area contributed by atoms with Gasteiger partial charge in [-0.3, -0.25) is 0 Å². The van der Waals surface area contributed by atoms with Gasteiger partial charge in [0.05, 0.1) is 0 Å². The summed E-state index contributed by atoms with van der Waals surface area (Å²) in [5.74, 6) is 0. The van der Waals surface area contributed by atoms with Crippen LogP contribution in [0, 0.1) is 0 Å². The van der Waals surface area contributed by atoms with Crippen LogP contribution in [-0.4, -0.2) is 28.3 Å². The van der Waals surface area contributed by atoms with E-state index in [0.717, 1.165) is 5.66 Å². The summed E-state index contributed by atoms with van der Waals surface area (Å²) in [6.07, 6.45) is 8.76. The van der Waals surface area contributed by atoms with Gasteiger partial charge in [0.15, 0.2) is 0 Å². The minimum Gasteiger partial charge on any atom is -0.0885 e. The quantitative estimate of drug-likeness (QED) is 0.469. The maximum atomic E-state index is 2.52. The summed E-state index contributed by atoms with van der Waals surface area (Å²) in [5.41, 5.74) is 2.52. The second kappa shape index (κ2) is 7.27. The lowest BCUT2D eigenvalue weighted by molar-refractivity contribution is 0.693. The normalized spacial score (nSPS) is 18.2. The van der Waals surface area contributed by atoms with Gasteiger partial charge in [-0.2, -0.15) is 0 Å². The highest BCUT2D eigenvalue weighted by atomic mass is 31.1. The smallest absolute Gasteiger partial charge is 0.000586 e. The van der Waals surface area contributed by atoms with Crippen molar-refractivity contribution in [1.29, 1.82) is 0 Å². The maximum absolute atomic E-state index is 2.52. The summed E-state index contributed by atoms with van der Waals surface area (Å²) < 4.78 is 0. The van der Waals surface area contributed by atoms with E-state index < -0.39 is 0 Å². The van der Waals surface area contributed by atoms with Crippen LogP contribution >= 0.6 is 15.8 Å².